The number of furan rings is 1. The summed E-state index contributed by atoms with van der Waals surface area (Å²) in [5, 5.41) is 2.31. The van der Waals surface area contributed by atoms with Crippen LogP contribution in [0.25, 0.3) is 44.2 Å². The molecule has 2 heteroatoms. The van der Waals surface area contributed by atoms with Crippen molar-refractivity contribution in [3.63, 3.8) is 0 Å². The highest BCUT2D eigenvalue weighted by molar-refractivity contribution is 6.14. The Morgan fingerprint density at radius 3 is 1.98 bits per heavy atom. The number of nitrogens with zero attached hydrogens (tertiary/aromatic N) is 1. The van der Waals surface area contributed by atoms with E-state index in [4.69, 9.17) is 4.42 Å². The van der Waals surface area contributed by atoms with E-state index in [2.05, 4.69) is 188 Å². The van der Waals surface area contributed by atoms with Gasteiger partial charge in [0.05, 0.1) is 11.1 Å². The molecule has 244 valence electrons. The lowest BCUT2D eigenvalue weighted by Crippen LogP contribution is -2.16. The van der Waals surface area contributed by atoms with E-state index in [1.807, 2.05) is 0 Å². The Labute approximate surface area is 291 Å². The van der Waals surface area contributed by atoms with Crippen LogP contribution in [0.2, 0.25) is 0 Å². The third-order valence-corrected chi connectivity index (χ3v) is 10.5. The summed E-state index contributed by atoms with van der Waals surface area (Å²) >= 11 is 0. The van der Waals surface area contributed by atoms with Gasteiger partial charge in [-0.1, -0.05) is 140 Å². The number of rotatable bonds is 4. The van der Waals surface area contributed by atoms with Crippen LogP contribution in [0.15, 0.2) is 132 Å². The van der Waals surface area contributed by atoms with E-state index < -0.39 is 0 Å². The Bertz CT molecular complexity index is 2380. The predicted molar refractivity (Wildman–Crippen MR) is 209 cm³/mol. The normalized spacial score (nSPS) is 13.9. The van der Waals surface area contributed by atoms with Crippen molar-refractivity contribution in [3.05, 3.63) is 150 Å². The second-order valence-electron chi connectivity index (χ2n) is 16.3. The van der Waals surface area contributed by atoms with Crippen molar-refractivity contribution in [1.82, 2.24) is 0 Å². The Morgan fingerprint density at radius 2 is 1.22 bits per heavy atom. The predicted octanol–water partition coefficient (Wildman–Crippen LogP) is 13.6. The maximum Gasteiger partial charge on any atom is 0.139 e. The molecular weight excluding hydrogens is 595 g/mol. The van der Waals surface area contributed by atoms with E-state index in [0.717, 1.165) is 33.6 Å². The van der Waals surface area contributed by atoms with E-state index in [9.17, 15) is 0 Å². The van der Waals surface area contributed by atoms with Crippen LogP contribution in [0, 0.1) is 0 Å². The Kier molecular flexibility index (Phi) is 6.99. The summed E-state index contributed by atoms with van der Waals surface area (Å²) in [6.45, 7) is 18.4. The van der Waals surface area contributed by atoms with Crippen LogP contribution in [-0.2, 0) is 16.2 Å². The van der Waals surface area contributed by atoms with Gasteiger partial charge in [-0.3, -0.25) is 0 Å². The minimum Gasteiger partial charge on any atom is -0.456 e. The maximum absolute atomic E-state index is 6.85. The van der Waals surface area contributed by atoms with Crippen LogP contribution in [-0.4, -0.2) is 0 Å². The fourth-order valence-corrected chi connectivity index (χ4v) is 7.82. The molecule has 0 aliphatic heterocycles. The zero-order valence-electron chi connectivity index (χ0n) is 30.0. The minimum atomic E-state index is -0.0859. The van der Waals surface area contributed by atoms with Crippen molar-refractivity contribution < 1.29 is 4.42 Å². The van der Waals surface area contributed by atoms with Crippen LogP contribution >= 0.6 is 0 Å². The Balaban J connectivity index is 1.44. The standard InChI is InChI=1S/C47H45NO/c1-45(2,3)32-27-37-43-41(22-15-23-42(43)49-44(37)40(28-32)46(4,5)6)48(33-19-14-18-31(26-33)30-16-10-9-11-17-30)34-24-25-39-36(29-34)35-20-12-13-21-38(35)47(39,7)8/h9-29H,1-8H3. The van der Waals surface area contributed by atoms with Crippen LogP contribution in [0.3, 0.4) is 0 Å². The molecule has 0 radical (unpaired) electrons. The van der Waals surface area contributed by atoms with Gasteiger partial charge in [0.25, 0.3) is 0 Å². The second-order valence-corrected chi connectivity index (χ2v) is 16.3. The zero-order valence-corrected chi connectivity index (χ0v) is 30.0. The summed E-state index contributed by atoms with van der Waals surface area (Å²) in [5.41, 5.74) is 15.4. The Hall–Kier alpha value is -5.08. The van der Waals surface area contributed by atoms with Gasteiger partial charge >= 0.3 is 0 Å². The average molecular weight is 640 g/mol. The lowest BCUT2D eigenvalue weighted by molar-refractivity contribution is 0.559. The summed E-state index contributed by atoms with van der Waals surface area (Å²) in [7, 11) is 0. The zero-order chi connectivity index (χ0) is 34.3. The van der Waals surface area contributed by atoms with Crippen molar-refractivity contribution in [2.45, 2.75) is 71.6 Å². The molecule has 2 nitrogen and oxygen atoms in total. The van der Waals surface area contributed by atoms with Crippen LogP contribution in [0.5, 0.6) is 0 Å². The van der Waals surface area contributed by atoms with Crippen molar-refractivity contribution in [2.24, 2.45) is 0 Å². The third kappa shape index (κ3) is 5.08. The highest BCUT2D eigenvalue weighted by atomic mass is 16.3. The van der Waals surface area contributed by atoms with Gasteiger partial charge in [-0.05, 0) is 92.2 Å². The van der Waals surface area contributed by atoms with E-state index in [1.165, 1.54) is 49.9 Å². The summed E-state index contributed by atoms with van der Waals surface area (Å²) in [5.74, 6) is 0. The van der Waals surface area contributed by atoms with Gasteiger partial charge in [0.15, 0.2) is 0 Å². The highest BCUT2D eigenvalue weighted by Gasteiger charge is 2.36. The van der Waals surface area contributed by atoms with E-state index in [1.54, 1.807) is 0 Å². The molecule has 0 unspecified atom stereocenters. The number of anilines is 3. The van der Waals surface area contributed by atoms with Crippen molar-refractivity contribution >= 4 is 39.0 Å². The lowest BCUT2D eigenvalue weighted by atomic mass is 9.79. The van der Waals surface area contributed by atoms with Crippen LogP contribution in [0.4, 0.5) is 17.1 Å². The molecule has 0 saturated heterocycles. The van der Waals surface area contributed by atoms with E-state index in [-0.39, 0.29) is 16.2 Å². The lowest BCUT2D eigenvalue weighted by Gasteiger charge is -2.28. The van der Waals surface area contributed by atoms with Crippen molar-refractivity contribution in [1.29, 1.82) is 0 Å². The van der Waals surface area contributed by atoms with Gasteiger partial charge < -0.3 is 9.32 Å². The molecule has 0 N–H and O–H groups in total. The molecule has 1 aliphatic carbocycles. The summed E-state index contributed by atoms with van der Waals surface area (Å²) in [4.78, 5) is 2.44. The van der Waals surface area contributed by atoms with Crippen LogP contribution in [0.1, 0.15) is 77.6 Å². The highest BCUT2D eigenvalue weighted by Crippen LogP contribution is 2.52. The van der Waals surface area contributed by atoms with Gasteiger partial charge in [0.2, 0.25) is 0 Å². The van der Waals surface area contributed by atoms with Gasteiger partial charge in [-0.25, -0.2) is 0 Å². The van der Waals surface area contributed by atoms with Crippen molar-refractivity contribution in [3.8, 4) is 22.3 Å². The molecule has 1 aromatic heterocycles. The molecule has 7 aromatic rings. The van der Waals surface area contributed by atoms with Gasteiger partial charge in [-0.15, -0.1) is 0 Å². The van der Waals surface area contributed by atoms with Crippen molar-refractivity contribution in [2.75, 3.05) is 4.90 Å². The first kappa shape index (κ1) is 31.2. The number of benzene rings is 6. The fraction of sp³-hybridized carbons (Fsp3) is 0.234. The third-order valence-electron chi connectivity index (χ3n) is 10.5. The first-order chi connectivity index (χ1) is 23.3. The molecule has 8 rings (SSSR count). The molecule has 0 fully saturated rings. The van der Waals surface area contributed by atoms with Gasteiger partial charge in [0, 0.05) is 27.7 Å². The smallest absolute Gasteiger partial charge is 0.139 e. The fourth-order valence-electron chi connectivity index (χ4n) is 7.82. The Morgan fingerprint density at radius 1 is 0.551 bits per heavy atom. The minimum absolute atomic E-state index is 0.0173. The first-order valence-electron chi connectivity index (χ1n) is 17.5. The van der Waals surface area contributed by atoms with E-state index in [0.29, 0.717) is 0 Å². The molecule has 1 aliphatic rings. The number of hydrogen-bond acceptors (Lipinski definition) is 2. The molecule has 1 heterocycles. The molecule has 49 heavy (non-hydrogen) atoms. The number of fused-ring (bicyclic) bond motifs is 6. The maximum atomic E-state index is 6.85. The molecular formula is C47H45NO. The number of hydrogen-bond donors (Lipinski definition) is 0. The molecule has 0 bridgehead atoms. The SMILES string of the molecule is CC(C)(C)c1cc(C(C)(C)C)c2oc3cccc(N(c4cccc(-c5ccccc5)c4)c4ccc5c(c4)-c4ccccc4C5(C)C)c3c2c1. The molecule has 6 aromatic carbocycles. The van der Waals surface area contributed by atoms with E-state index >= 15 is 0 Å². The largest absolute Gasteiger partial charge is 0.456 e. The summed E-state index contributed by atoms with van der Waals surface area (Å²) < 4.78 is 6.85. The average Bonchev–Trinajstić information content (AvgIpc) is 3.57. The molecule has 0 spiro atoms. The van der Waals surface area contributed by atoms with Gasteiger partial charge in [0.1, 0.15) is 11.2 Å². The monoisotopic (exact) mass is 639 g/mol. The first-order valence-corrected chi connectivity index (χ1v) is 17.5. The van der Waals surface area contributed by atoms with Gasteiger partial charge in [-0.2, -0.15) is 0 Å². The molecule has 0 atom stereocenters. The topological polar surface area (TPSA) is 16.4 Å². The summed E-state index contributed by atoms with van der Waals surface area (Å²) in [6, 6.07) is 46.8. The molecule has 0 saturated carbocycles. The molecule has 0 amide bonds. The quantitative estimate of drug-likeness (QED) is 0.191. The second kappa shape index (κ2) is 11.0. The summed E-state index contributed by atoms with van der Waals surface area (Å²) in [6.07, 6.45) is 0. The van der Waals surface area contributed by atoms with Crippen LogP contribution < -0.4 is 4.90 Å².